The minimum atomic E-state index is 0.0598. The van der Waals surface area contributed by atoms with Gasteiger partial charge < -0.3 is 14.4 Å². The molecule has 0 spiro atoms. The number of ketones is 1. The van der Waals surface area contributed by atoms with E-state index in [1.807, 2.05) is 18.2 Å². The Kier molecular flexibility index (Phi) is 5.06. The highest BCUT2D eigenvalue weighted by Crippen LogP contribution is 2.37. The number of carbonyl (C=O) groups excluding carboxylic acids is 1. The SMILES string of the molecule is COc1ccc([C@H]2CC(=O)c3cnc(N4CCc5ccccc5C4)nc3C2)cc1OC. The van der Waals surface area contributed by atoms with Crippen LogP contribution in [0.3, 0.4) is 0 Å². The van der Waals surface area contributed by atoms with Gasteiger partial charge in [-0.25, -0.2) is 9.97 Å². The van der Waals surface area contributed by atoms with Crippen LogP contribution in [0.2, 0.25) is 0 Å². The molecule has 2 aromatic carbocycles. The van der Waals surface area contributed by atoms with Gasteiger partial charge >= 0.3 is 0 Å². The van der Waals surface area contributed by atoms with Gasteiger partial charge in [0.1, 0.15) is 0 Å². The van der Waals surface area contributed by atoms with E-state index in [4.69, 9.17) is 14.5 Å². The highest BCUT2D eigenvalue weighted by molar-refractivity contribution is 5.98. The van der Waals surface area contributed by atoms with E-state index in [1.165, 1.54) is 11.1 Å². The van der Waals surface area contributed by atoms with Crippen LogP contribution in [0, 0.1) is 0 Å². The van der Waals surface area contributed by atoms with E-state index in [-0.39, 0.29) is 11.7 Å². The number of Topliss-reactive ketones (excluding diaryl/α,β-unsaturated/α-hetero) is 1. The lowest BCUT2D eigenvalue weighted by Gasteiger charge is -2.30. The molecular weight excluding hydrogens is 390 g/mol. The Morgan fingerprint density at radius 2 is 1.81 bits per heavy atom. The van der Waals surface area contributed by atoms with Gasteiger partial charge in [-0.1, -0.05) is 30.3 Å². The first-order valence-corrected chi connectivity index (χ1v) is 10.6. The summed E-state index contributed by atoms with van der Waals surface area (Å²) in [6, 6.07) is 14.4. The van der Waals surface area contributed by atoms with Gasteiger partial charge in [0.05, 0.1) is 25.5 Å². The molecule has 0 radical (unpaired) electrons. The smallest absolute Gasteiger partial charge is 0.225 e. The summed E-state index contributed by atoms with van der Waals surface area (Å²) in [7, 11) is 3.24. The summed E-state index contributed by atoms with van der Waals surface area (Å²) in [6.07, 6.45) is 3.84. The summed E-state index contributed by atoms with van der Waals surface area (Å²) in [4.78, 5) is 24.4. The number of ether oxygens (including phenoxy) is 2. The fourth-order valence-electron chi connectivity index (χ4n) is 4.60. The van der Waals surface area contributed by atoms with Crippen LogP contribution in [0.15, 0.2) is 48.7 Å². The number of aromatic nitrogens is 2. The Balaban J connectivity index is 1.42. The molecule has 1 aromatic heterocycles. The number of benzene rings is 2. The van der Waals surface area contributed by atoms with E-state index in [2.05, 4.69) is 34.1 Å². The Morgan fingerprint density at radius 3 is 2.61 bits per heavy atom. The van der Waals surface area contributed by atoms with Gasteiger partial charge in [-0.05, 0) is 47.6 Å². The first kappa shape index (κ1) is 19.5. The van der Waals surface area contributed by atoms with E-state index < -0.39 is 0 Å². The van der Waals surface area contributed by atoms with Crippen LogP contribution < -0.4 is 14.4 Å². The third kappa shape index (κ3) is 3.63. The van der Waals surface area contributed by atoms with Crippen LogP contribution in [-0.2, 0) is 19.4 Å². The molecule has 0 N–H and O–H groups in total. The van der Waals surface area contributed by atoms with Gasteiger partial charge in [0.2, 0.25) is 5.95 Å². The lowest BCUT2D eigenvalue weighted by molar-refractivity contribution is 0.0962. The van der Waals surface area contributed by atoms with Crippen molar-refractivity contribution in [3.63, 3.8) is 0 Å². The summed E-state index contributed by atoms with van der Waals surface area (Å²) in [5.74, 6) is 2.22. The van der Waals surface area contributed by atoms with Gasteiger partial charge in [0, 0.05) is 25.7 Å². The first-order valence-electron chi connectivity index (χ1n) is 10.6. The zero-order chi connectivity index (χ0) is 21.4. The van der Waals surface area contributed by atoms with Crippen LogP contribution in [0.4, 0.5) is 5.95 Å². The van der Waals surface area contributed by atoms with Crippen LogP contribution >= 0.6 is 0 Å². The van der Waals surface area contributed by atoms with Crippen molar-refractivity contribution in [2.24, 2.45) is 0 Å². The Labute approximate surface area is 181 Å². The molecule has 0 bridgehead atoms. The molecule has 1 aliphatic heterocycles. The number of hydrogen-bond donors (Lipinski definition) is 0. The van der Waals surface area contributed by atoms with E-state index >= 15 is 0 Å². The van der Waals surface area contributed by atoms with Gasteiger partial charge in [-0.3, -0.25) is 4.79 Å². The summed E-state index contributed by atoms with van der Waals surface area (Å²) >= 11 is 0. The number of fused-ring (bicyclic) bond motifs is 2. The number of methoxy groups -OCH3 is 2. The van der Waals surface area contributed by atoms with Crippen molar-refractivity contribution in [3.05, 3.63) is 76.6 Å². The predicted molar refractivity (Wildman–Crippen MR) is 118 cm³/mol. The lowest BCUT2D eigenvalue weighted by Crippen LogP contribution is -2.32. The van der Waals surface area contributed by atoms with Crippen LogP contribution in [-0.4, -0.2) is 36.5 Å². The third-order valence-corrected chi connectivity index (χ3v) is 6.32. The highest BCUT2D eigenvalue weighted by Gasteiger charge is 2.29. The molecule has 0 saturated heterocycles. The maximum absolute atomic E-state index is 12.8. The molecule has 6 nitrogen and oxygen atoms in total. The van der Waals surface area contributed by atoms with Crippen molar-refractivity contribution in [3.8, 4) is 11.5 Å². The molecule has 1 atom stereocenters. The fourth-order valence-corrected chi connectivity index (χ4v) is 4.60. The summed E-state index contributed by atoms with van der Waals surface area (Å²) in [6.45, 7) is 1.67. The minimum absolute atomic E-state index is 0.0598. The zero-order valence-corrected chi connectivity index (χ0v) is 17.8. The predicted octanol–water partition coefficient (Wildman–Crippen LogP) is 3.97. The monoisotopic (exact) mass is 415 g/mol. The van der Waals surface area contributed by atoms with E-state index in [9.17, 15) is 4.79 Å². The molecule has 6 heteroatoms. The maximum atomic E-state index is 12.8. The van der Waals surface area contributed by atoms with Crippen LogP contribution in [0.25, 0.3) is 0 Å². The average molecular weight is 415 g/mol. The summed E-state index contributed by atoms with van der Waals surface area (Å²) in [5.41, 5.74) is 5.25. The number of rotatable bonds is 4. The molecule has 0 unspecified atom stereocenters. The Morgan fingerprint density at radius 1 is 1.00 bits per heavy atom. The molecular formula is C25H25N3O3. The molecule has 0 fully saturated rings. The average Bonchev–Trinajstić information content (AvgIpc) is 2.82. The van der Waals surface area contributed by atoms with Crippen molar-refractivity contribution in [2.45, 2.75) is 31.7 Å². The molecule has 1 aliphatic carbocycles. The second-order valence-electron chi connectivity index (χ2n) is 8.11. The van der Waals surface area contributed by atoms with Crippen molar-refractivity contribution in [1.29, 1.82) is 0 Å². The molecule has 158 valence electrons. The Hall–Kier alpha value is -3.41. The largest absolute Gasteiger partial charge is 0.493 e. The topological polar surface area (TPSA) is 64.5 Å². The molecule has 0 amide bonds. The van der Waals surface area contributed by atoms with E-state index in [0.29, 0.717) is 35.9 Å². The van der Waals surface area contributed by atoms with Crippen LogP contribution in [0.5, 0.6) is 11.5 Å². The standard InChI is InChI=1S/C25H25N3O3/c1-30-23-8-7-17(13-24(23)31-2)19-11-21-20(22(29)12-19)14-26-25(27-21)28-10-9-16-5-3-4-6-18(16)15-28/h3-8,13-14,19H,9-12,15H2,1-2H3/t19-/m1/s1. The second kappa shape index (κ2) is 8.02. The fraction of sp³-hybridized carbons (Fsp3) is 0.320. The number of anilines is 1. The number of carbonyl (C=O) groups is 1. The van der Waals surface area contributed by atoms with E-state index in [0.717, 1.165) is 30.8 Å². The van der Waals surface area contributed by atoms with Gasteiger partial charge in [0.15, 0.2) is 17.3 Å². The number of hydrogen-bond acceptors (Lipinski definition) is 6. The first-order chi connectivity index (χ1) is 15.2. The van der Waals surface area contributed by atoms with E-state index in [1.54, 1.807) is 20.4 Å². The van der Waals surface area contributed by atoms with Crippen molar-refractivity contribution >= 4 is 11.7 Å². The normalized spacial score (nSPS) is 17.7. The molecule has 3 aromatic rings. The van der Waals surface area contributed by atoms with Crippen LogP contribution in [0.1, 0.15) is 45.1 Å². The Bertz CT molecular complexity index is 1140. The van der Waals surface area contributed by atoms with Gasteiger partial charge in [-0.15, -0.1) is 0 Å². The second-order valence-corrected chi connectivity index (χ2v) is 8.11. The quantitative estimate of drug-likeness (QED) is 0.643. The van der Waals surface area contributed by atoms with Crippen molar-refractivity contribution in [1.82, 2.24) is 9.97 Å². The zero-order valence-electron chi connectivity index (χ0n) is 17.8. The summed E-state index contributed by atoms with van der Waals surface area (Å²) < 4.78 is 10.8. The van der Waals surface area contributed by atoms with Crippen molar-refractivity contribution < 1.29 is 14.3 Å². The molecule has 0 saturated carbocycles. The van der Waals surface area contributed by atoms with Gasteiger partial charge in [0.25, 0.3) is 0 Å². The number of nitrogens with zero attached hydrogens (tertiary/aromatic N) is 3. The van der Waals surface area contributed by atoms with Crippen molar-refractivity contribution in [2.75, 3.05) is 25.7 Å². The third-order valence-electron chi connectivity index (χ3n) is 6.32. The highest BCUT2D eigenvalue weighted by atomic mass is 16.5. The molecule has 5 rings (SSSR count). The molecule has 2 aliphatic rings. The summed E-state index contributed by atoms with van der Waals surface area (Å²) in [5, 5.41) is 0. The van der Waals surface area contributed by atoms with Gasteiger partial charge in [-0.2, -0.15) is 0 Å². The minimum Gasteiger partial charge on any atom is -0.493 e. The maximum Gasteiger partial charge on any atom is 0.225 e. The lowest BCUT2D eigenvalue weighted by atomic mass is 9.82. The molecule has 31 heavy (non-hydrogen) atoms. The molecule has 2 heterocycles.